The molecule has 0 spiro atoms. The predicted octanol–water partition coefficient (Wildman–Crippen LogP) is 2.69. The van der Waals surface area contributed by atoms with Crippen LogP contribution in [0.15, 0.2) is 42.5 Å². The highest BCUT2D eigenvalue weighted by Gasteiger charge is 2.05. The standard InChI is InChI=1S/C19H21N3O3/c1-24-17-8-5-15(11-18(17)25-2)13-21-10-9-19(23)22-16-6-3-14(12-20)4-7-16/h3-8,11,21H,9-10,13H2,1-2H3,(H,22,23). The van der Waals surface area contributed by atoms with Crippen molar-refractivity contribution < 1.29 is 14.3 Å². The van der Waals surface area contributed by atoms with Gasteiger partial charge in [-0.05, 0) is 42.0 Å². The van der Waals surface area contributed by atoms with Crippen LogP contribution >= 0.6 is 0 Å². The number of nitrogens with zero attached hydrogens (tertiary/aromatic N) is 1. The second-order valence-electron chi connectivity index (χ2n) is 5.35. The minimum atomic E-state index is -0.0791. The average molecular weight is 339 g/mol. The summed E-state index contributed by atoms with van der Waals surface area (Å²) in [5, 5.41) is 14.8. The first-order valence-electron chi connectivity index (χ1n) is 7.88. The second-order valence-corrected chi connectivity index (χ2v) is 5.35. The van der Waals surface area contributed by atoms with E-state index in [1.165, 1.54) is 0 Å². The maximum atomic E-state index is 11.9. The molecule has 0 aromatic heterocycles. The number of carbonyl (C=O) groups excluding carboxylic acids is 1. The van der Waals surface area contributed by atoms with Crippen LogP contribution in [0.3, 0.4) is 0 Å². The molecule has 0 saturated heterocycles. The van der Waals surface area contributed by atoms with E-state index in [1.54, 1.807) is 38.5 Å². The van der Waals surface area contributed by atoms with Crippen LogP contribution in [0.25, 0.3) is 0 Å². The lowest BCUT2D eigenvalue weighted by Gasteiger charge is -2.10. The SMILES string of the molecule is COc1ccc(CNCCC(=O)Nc2ccc(C#N)cc2)cc1OC. The molecule has 0 bridgehead atoms. The smallest absolute Gasteiger partial charge is 0.225 e. The number of carbonyl (C=O) groups is 1. The van der Waals surface area contributed by atoms with Crippen molar-refractivity contribution in [2.24, 2.45) is 0 Å². The van der Waals surface area contributed by atoms with E-state index in [1.807, 2.05) is 24.3 Å². The molecule has 6 heteroatoms. The number of rotatable bonds is 8. The minimum absolute atomic E-state index is 0.0791. The Bertz CT molecular complexity index is 751. The van der Waals surface area contributed by atoms with E-state index < -0.39 is 0 Å². The van der Waals surface area contributed by atoms with Gasteiger partial charge in [0.25, 0.3) is 0 Å². The Labute approximate surface area is 147 Å². The van der Waals surface area contributed by atoms with Crippen molar-refractivity contribution in [3.05, 3.63) is 53.6 Å². The summed E-state index contributed by atoms with van der Waals surface area (Å²) in [5.41, 5.74) is 2.30. The highest BCUT2D eigenvalue weighted by Crippen LogP contribution is 2.27. The lowest BCUT2D eigenvalue weighted by molar-refractivity contribution is -0.116. The molecule has 0 unspecified atom stereocenters. The molecule has 0 fully saturated rings. The van der Waals surface area contributed by atoms with Crippen LogP contribution < -0.4 is 20.1 Å². The first kappa shape index (κ1) is 18.3. The van der Waals surface area contributed by atoms with E-state index in [0.29, 0.717) is 42.3 Å². The molecular formula is C19H21N3O3. The zero-order valence-corrected chi connectivity index (χ0v) is 14.3. The molecule has 2 aromatic rings. The van der Waals surface area contributed by atoms with Crippen LogP contribution in [-0.2, 0) is 11.3 Å². The summed E-state index contributed by atoms with van der Waals surface area (Å²) in [7, 11) is 3.20. The fourth-order valence-electron chi connectivity index (χ4n) is 2.28. The minimum Gasteiger partial charge on any atom is -0.493 e. The van der Waals surface area contributed by atoms with Crippen molar-refractivity contribution >= 4 is 11.6 Å². The number of benzene rings is 2. The molecule has 2 N–H and O–H groups in total. The van der Waals surface area contributed by atoms with Crippen molar-refractivity contribution in [2.75, 3.05) is 26.1 Å². The number of methoxy groups -OCH3 is 2. The third kappa shape index (κ3) is 5.52. The Morgan fingerprint density at radius 2 is 1.80 bits per heavy atom. The van der Waals surface area contributed by atoms with Gasteiger partial charge in [0.15, 0.2) is 11.5 Å². The molecular weight excluding hydrogens is 318 g/mol. The van der Waals surface area contributed by atoms with Gasteiger partial charge in [0.1, 0.15) is 0 Å². The molecule has 2 rings (SSSR count). The van der Waals surface area contributed by atoms with Crippen molar-refractivity contribution in [1.82, 2.24) is 5.32 Å². The Kier molecular flexibility index (Phi) is 6.81. The zero-order chi connectivity index (χ0) is 18.1. The number of amides is 1. The molecule has 0 aliphatic carbocycles. The zero-order valence-electron chi connectivity index (χ0n) is 14.3. The van der Waals surface area contributed by atoms with Gasteiger partial charge in [0.05, 0.1) is 25.9 Å². The topological polar surface area (TPSA) is 83.4 Å². The Morgan fingerprint density at radius 3 is 2.44 bits per heavy atom. The number of nitrogens with one attached hydrogen (secondary N) is 2. The molecule has 2 aromatic carbocycles. The summed E-state index contributed by atoms with van der Waals surface area (Å²) < 4.78 is 10.5. The second kappa shape index (κ2) is 9.30. The normalized spacial score (nSPS) is 9.96. The van der Waals surface area contributed by atoms with Gasteiger partial charge >= 0.3 is 0 Å². The largest absolute Gasteiger partial charge is 0.493 e. The molecule has 0 aliphatic rings. The molecule has 0 atom stereocenters. The summed E-state index contributed by atoms with van der Waals surface area (Å²) in [6.45, 7) is 1.18. The van der Waals surface area contributed by atoms with Crippen LogP contribution in [0.2, 0.25) is 0 Å². The Balaban J connectivity index is 1.75. The molecule has 0 radical (unpaired) electrons. The number of nitriles is 1. The summed E-state index contributed by atoms with van der Waals surface area (Å²) in [6.07, 6.45) is 0.354. The van der Waals surface area contributed by atoms with Crippen molar-refractivity contribution in [3.63, 3.8) is 0 Å². The first-order valence-corrected chi connectivity index (χ1v) is 7.88. The number of ether oxygens (including phenoxy) is 2. The van der Waals surface area contributed by atoms with E-state index in [-0.39, 0.29) is 5.91 Å². The molecule has 0 saturated carbocycles. The van der Waals surface area contributed by atoms with E-state index in [2.05, 4.69) is 10.6 Å². The van der Waals surface area contributed by atoms with Gasteiger partial charge in [0, 0.05) is 25.2 Å². The Hall–Kier alpha value is -3.04. The van der Waals surface area contributed by atoms with Gasteiger partial charge < -0.3 is 20.1 Å². The molecule has 25 heavy (non-hydrogen) atoms. The number of hydrogen-bond donors (Lipinski definition) is 2. The van der Waals surface area contributed by atoms with Gasteiger partial charge in [-0.25, -0.2) is 0 Å². The van der Waals surface area contributed by atoms with E-state index in [4.69, 9.17) is 14.7 Å². The summed E-state index contributed by atoms with van der Waals surface area (Å²) in [4.78, 5) is 11.9. The van der Waals surface area contributed by atoms with Gasteiger partial charge in [-0.1, -0.05) is 6.07 Å². The maximum Gasteiger partial charge on any atom is 0.225 e. The third-order valence-electron chi connectivity index (χ3n) is 3.60. The van der Waals surface area contributed by atoms with Gasteiger partial charge in [-0.15, -0.1) is 0 Å². The molecule has 130 valence electrons. The van der Waals surface area contributed by atoms with Gasteiger partial charge in [-0.3, -0.25) is 4.79 Å². The third-order valence-corrected chi connectivity index (χ3v) is 3.60. The van der Waals surface area contributed by atoms with Gasteiger partial charge in [-0.2, -0.15) is 5.26 Å². The monoisotopic (exact) mass is 339 g/mol. The van der Waals surface area contributed by atoms with Gasteiger partial charge in [0.2, 0.25) is 5.91 Å². The molecule has 0 aliphatic heterocycles. The summed E-state index contributed by atoms with van der Waals surface area (Å²) in [6, 6.07) is 14.5. The quantitative estimate of drug-likeness (QED) is 0.723. The number of hydrogen-bond acceptors (Lipinski definition) is 5. The van der Waals surface area contributed by atoms with Crippen LogP contribution in [0.1, 0.15) is 17.5 Å². The molecule has 0 heterocycles. The van der Waals surface area contributed by atoms with Crippen LogP contribution in [0, 0.1) is 11.3 Å². The highest BCUT2D eigenvalue weighted by atomic mass is 16.5. The van der Waals surface area contributed by atoms with Crippen molar-refractivity contribution in [1.29, 1.82) is 5.26 Å². The van der Waals surface area contributed by atoms with Crippen molar-refractivity contribution in [3.8, 4) is 17.6 Å². The van der Waals surface area contributed by atoms with E-state index in [9.17, 15) is 4.79 Å². The fraction of sp³-hybridized carbons (Fsp3) is 0.263. The summed E-state index contributed by atoms with van der Waals surface area (Å²) >= 11 is 0. The predicted molar refractivity (Wildman–Crippen MR) is 95.7 cm³/mol. The maximum absolute atomic E-state index is 11.9. The van der Waals surface area contributed by atoms with Crippen LogP contribution in [0.5, 0.6) is 11.5 Å². The highest BCUT2D eigenvalue weighted by molar-refractivity contribution is 5.90. The number of anilines is 1. The van der Waals surface area contributed by atoms with E-state index in [0.717, 1.165) is 5.56 Å². The van der Waals surface area contributed by atoms with Crippen LogP contribution in [-0.4, -0.2) is 26.7 Å². The fourth-order valence-corrected chi connectivity index (χ4v) is 2.28. The average Bonchev–Trinajstić information content (AvgIpc) is 2.65. The van der Waals surface area contributed by atoms with E-state index >= 15 is 0 Å². The molecule has 1 amide bonds. The Morgan fingerprint density at radius 1 is 1.08 bits per heavy atom. The van der Waals surface area contributed by atoms with Crippen LogP contribution in [0.4, 0.5) is 5.69 Å². The molecule has 6 nitrogen and oxygen atoms in total. The summed E-state index contributed by atoms with van der Waals surface area (Å²) in [5.74, 6) is 1.29. The lowest BCUT2D eigenvalue weighted by Crippen LogP contribution is -2.21. The lowest BCUT2D eigenvalue weighted by atomic mass is 10.2. The van der Waals surface area contributed by atoms with Crippen molar-refractivity contribution in [2.45, 2.75) is 13.0 Å². The first-order chi connectivity index (χ1) is 12.2.